The molecule has 5 nitrogen and oxygen atoms in total. The van der Waals surface area contributed by atoms with E-state index in [-0.39, 0.29) is 18.2 Å². The summed E-state index contributed by atoms with van der Waals surface area (Å²) in [5.41, 5.74) is 2.49. The SMILES string of the molecule is CCOc1ccc(NC2CC(=O)N(c3ccc(C)cc3)C2=O)cc1. The van der Waals surface area contributed by atoms with E-state index in [4.69, 9.17) is 4.74 Å². The van der Waals surface area contributed by atoms with E-state index in [1.54, 1.807) is 12.1 Å². The molecule has 0 saturated carbocycles. The van der Waals surface area contributed by atoms with Crippen molar-refractivity contribution in [2.24, 2.45) is 0 Å². The first kappa shape index (κ1) is 16.1. The van der Waals surface area contributed by atoms with E-state index in [2.05, 4.69) is 5.32 Å². The van der Waals surface area contributed by atoms with Crippen LogP contribution in [0.5, 0.6) is 5.75 Å². The highest BCUT2D eigenvalue weighted by molar-refractivity contribution is 6.23. The topological polar surface area (TPSA) is 58.6 Å². The number of imide groups is 1. The molecule has 24 heavy (non-hydrogen) atoms. The fourth-order valence-corrected chi connectivity index (χ4v) is 2.73. The molecule has 1 fully saturated rings. The minimum Gasteiger partial charge on any atom is -0.494 e. The lowest BCUT2D eigenvalue weighted by Crippen LogP contribution is -2.34. The molecule has 5 heteroatoms. The van der Waals surface area contributed by atoms with Gasteiger partial charge >= 0.3 is 0 Å². The molecule has 124 valence electrons. The maximum Gasteiger partial charge on any atom is 0.256 e. The molecule has 1 unspecified atom stereocenters. The summed E-state index contributed by atoms with van der Waals surface area (Å²) < 4.78 is 5.40. The number of nitrogens with one attached hydrogen (secondary N) is 1. The number of amides is 2. The highest BCUT2D eigenvalue weighted by Crippen LogP contribution is 2.26. The Morgan fingerprint density at radius 3 is 2.38 bits per heavy atom. The number of carbonyl (C=O) groups excluding carboxylic acids is 2. The van der Waals surface area contributed by atoms with Gasteiger partial charge in [0.05, 0.1) is 18.7 Å². The molecule has 1 heterocycles. The van der Waals surface area contributed by atoms with Gasteiger partial charge in [0.25, 0.3) is 5.91 Å². The van der Waals surface area contributed by atoms with Crippen LogP contribution in [0.3, 0.4) is 0 Å². The summed E-state index contributed by atoms with van der Waals surface area (Å²) in [6, 6.07) is 14.2. The first-order valence-corrected chi connectivity index (χ1v) is 8.01. The highest BCUT2D eigenvalue weighted by Gasteiger charge is 2.39. The van der Waals surface area contributed by atoms with Crippen LogP contribution in [-0.4, -0.2) is 24.5 Å². The van der Waals surface area contributed by atoms with E-state index in [0.29, 0.717) is 12.3 Å². The molecule has 1 atom stereocenters. The fourth-order valence-electron chi connectivity index (χ4n) is 2.73. The van der Waals surface area contributed by atoms with Crippen LogP contribution in [0.4, 0.5) is 11.4 Å². The molecule has 2 aromatic rings. The van der Waals surface area contributed by atoms with Crippen LogP contribution in [0.15, 0.2) is 48.5 Å². The van der Waals surface area contributed by atoms with Crippen molar-refractivity contribution in [3.63, 3.8) is 0 Å². The van der Waals surface area contributed by atoms with Crippen molar-refractivity contribution in [2.45, 2.75) is 26.3 Å². The zero-order valence-corrected chi connectivity index (χ0v) is 13.8. The van der Waals surface area contributed by atoms with E-state index in [9.17, 15) is 9.59 Å². The van der Waals surface area contributed by atoms with Gasteiger partial charge in [-0.3, -0.25) is 9.59 Å². The first-order valence-electron chi connectivity index (χ1n) is 8.01. The zero-order chi connectivity index (χ0) is 17.1. The Morgan fingerprint density at radius 1 is 1.08 bits per heavy atom. The molecule has 1 N–H and O–H groups in total. The van der Waals surface area contributed by atoms with Gasteiger partial charge in [-0.25, -0.2) is 4.90 Å². The van der Waals surface area contributed by atoms with Gasteiger partial charge in [-0.2, -0.15) is 0 Å². The average molecular weight is 324 g/mol. The second kappa shape index (κ2) is 6.74. The van der Waals surface area contributed by atoms with Gasteiger partial charge in [-0.05, 0) is 50.2 Å². The van der Waals surface area contributed by atoms with Crippen LogP contribution in [0.2, 0.25) is 0 Å². The molecule has 1 aliphatic rings. The van der Waals surface area contributed by atoms with E-state index in [0.717, 1.165) is 17.0 Å². The quantitative estimate of drug-likeness (QED) is 0.859. The van der Waals surface area contributed by atoms with Crippen LogP contribution >= 0.6 is 0 Å². The highest BCUT2D eigenvalue weighted by atomic mass is 16.5. The summed E-state index contributed by atoms with van der Waals surface area (Å²) in [6.45, 7) is 4.50. The number of benzene rings is 2. The van der Waals surface area contributed by atoms with Gasteiger partial charge < -0.3 is 10.1 Å². The maximum absolute atomic E-state index is 12.6. The Balaban J connectivity index is 1.72. The Labute approximate surface area is 141 Å². The maximum atomic E-state index is 12.6. The van der Waals surface area contributed by atoms with Gasteiger partial charge in [0.15, 0.2) is 0 Å². The minimum atomic E-state index is -0.545. The van der Waals surface area contributed by atoms with Gasteiger partial charge in [-0.1, -0.05) is 17.7 Å². The summed E-state index contributed by atoms with van der Waals surface area (Å²) in [5, 5.41) is 3.13. The smallest absolute Gasteiger partial charge is 0.256 e. The van der Waals surface area contributed by atoms with Crippen molar-refractivity contribution in [1.29, 1.82) is 0 Å². The van der Waals surface area contributed by atoms with E-state index in [1.807, 2.05) is 50.2 Å². The van der Waals surface area contributed by atoms with E-state index >= 15 is 0 Å². The normalized spacial score (nSPS) is 17.2. The molecule has 1 saturated heterocycles. The molecule has 0 aromatic heterocycles. The molecular weight excluding hydrogens is 304 g/mol. The third-order valence-corrected chi connectivity index (χ3v) is 3.95. The number of nitrogens with zero attached hydrogens (tertiary/aromatic N) is 1. The van der Waals surface area contributed by atoms with Crippen LogP contribution in [0.25, 0.3) is 0 Å². The number of hydrogen-bond acceptors (Lipinski definition) is 4. The predicted molar refractivity (Wildman–Crippen MR) is 93.3 cm³/mol. The molecular formula is C19H20N2O3. The second-order valence-electron chi connectivity index (χ2n) is 5.76. The van der Waals surface area contributed by atoms with Crippen LogP contribution in [0, 0.1) is 6.92 Å². The third-order valence-electron chi connectivity index (χ3n) is 3.95. The van der Waals surface area contributed by atoms with Crippen molar-refractivity contribution in [3.05, 3.63) is 54.1 Å². The van der Waals surface area contributed by atoms with Crippen molar-refractivity contribution >= 4 is 23.2 Å². The Kier molecular flexibility index (Phi) is 4.51. The molecule has 0 radical (unpaired) electrons. The average Bonchev–Trinajstić information content (AvgIpc) is 2.85. The lowest BCUT2D eigenvalue weighted by molar-refractivity contribution is -0.121. The number of ether oxygens (including phenoxy) is 1. The zero-order valence-electron chi connectivity index (χ0n) is 13.8. The fraction of sp³-hybridized carbons (Fsp3) is 0.263. The molecule has 3 rings (SSSR count). The van der Waals surface area contributed by atoms with E-state index in [1.165, 1.54) is 4.90 Å². The summed E-state index contributed by atoms with van der Waals surface area (Å²) in [7, 11) is 0. The largest absolute Gasteiger partial charge is 0.494 e. The molecule has 2 amide bonds. The van der Waals surface area contributed by atoms with E-state index < -0.39 is 6.04 Å². The number of carbonyl (C=O) groups is 2. The summed E-state index contributed by atoms with van der Waals surface area (Å²) in [5.74, 6) is 0.364. The van der Waals surface area contributed by atoms with Gasteiger partial charge in [0, 0.05) is 5.69 Å². The predicted octanol–water partition coefficient (Wildman–Crippen LogP) is 3.14. The van der Waals surface area contributed by atoms with Crippen molar-refractivity contribution in [1.82, 2.24) is 0 Å². The molecule has 2 aromatic carbocycles. The number of rotatable bonds is 5. The van der Waals surface area contributed by atoms with Crippen LogP contribution in [-0.2, 0) is 9.59 Å². The lowest BCUT2D eigenvalue weighted by atomic mass is 10.2. The van der Waals surface area contributed by atoms with Crippen molar-refractivity contribution in [3.8, 4) is 5.75 Å². The Morgan fingerprint density at radius 2 is 1.75 bits per heavy atom. The number of hydrogen-bond donors (Lipinski definition) is 1. The Hall–Kier alpha value is -2.82. The van der Waals surface area contributed by atoms with Crippen molar-refractivity contribution in [2.75, 3.05) is 16.8 Å². The molecule has 0 spiro atoms. The summed E-state index contributed by atoms with van der Waals surface area (Å²) in [6.07, 6.45) is 0.153. The minimum absolute atomic E-state index is 0.153. The van der Waals surface area contributed by atoms with Crippen LogP contribution in [0.1, 0.15) is 18.9 Å². The standard InChI is InChI=1S/C19H20N2O3/c1-3-24-16-10-6-14(7-11-16)20-17-12-18(22)21(19(17)23)15-8-4-13(2)5-9-15/h4-11,17,20H,3,12H2,1-2H3. The lowest BCUT2D eigenvalue weighted by Gasteiger charge is -2.16. The van der Waals surface area contributed by atoms with Gasteiger partial charge in [0.1, 0.15) is 11.8 Å². The monoisotopic (exact) mass is 324 g/mol. The van der Waals surface area contributed by atoms with Gasteiger partial charge in [-0.15, -0.1) is 0 Å². The summed E-state index contributed by atoms with van der Waals surface area (Å²) in [4.78, 5) is 26.1. The third kappa shape index (κ3) is 3.25. The Bertz CT molecular complexity index is 738. The number of anilines is 2. The first-order chi connectivity index (χ1) is 11.6. The molecule has 0 aliphatic carbocycles. The van der Waals surface area contributed by atoms with Crippen molar-refractivity contribution < 1.29 is 14.3 Å². The molecule has 0 bridgehead atoms. The molecule has 1 aliphatic heterocycles. The van der Waals surface area contributed by atoms with Crippen LogP contribution < -0.4 is 15.0 Å². The second-order valence-corrected chi connectivity index (χ2v) is 5.76. The summed E-state index contributed by atoms with van der Waals surface area (Å²) >= 11 is 0. The van der Waals surface area contributed by atoms with Gasteiger partial charge in [0.2, 0.25) is 5.91 Å². The number of aryl methyl sites for hydroxylation is 1.